The molecular formula is C35H56O10. The van der Waals surface area contributed by atoms with E-state index in [0.29, 0.717) is 12.3 Å². The van der Waals surface area contributed by atoms with Crippen LogP contribution in [0.25, 0.3) is 0 Å². The summed E-state index contributed by atoms with van der Waals surface area (Å²) in [7, 11) is 0. The average molecular weight is 637 g/mol. The minimum atomic E-state index is -1.85. The van der Waals surface area contributed by atoms with Gasteiger partial charge >= 0.3 is 0 Å². The highest BCUT2D eigenvalue weighted by Gasteiger charge is 2.85. The van der Waals surface area contributed by atoms with Gasteiger partial charge in [0.1, 0.15) is 30.5 Å². The van der Waals surface area contributed by atoms with Crippen LogP contribution in [0.5, 0.6) is 0 Å². The number of aliphatic hydroxyl groups excluding tert-OH is 5. The third kappa shape index (κ3) is 3.93. The van der Waals surface area contributed by atoms with Crippen molar-refractivity contribution < 1.29 is 50.0 Å². The molecule has 10 heteroatoms. The number of aliphatic hydroxyl groups is 7. The summed E-state index contributed by atoms with van der Waals surface area (Å²) in [6, 6.07) is 0. The summed E-state index contributed by atoms with van der Waals surface area (Å²) < 4.78 is 18.4. The molecule has 256 valence electrons. The smallest absolute Gasteiger partial charge is 0.196 e. The fourth-order valence-electron chi connectivity index (χ4n) is 12.6. The molecule has 0 aromatic rings. The van der Waals surface area contributed by atoms with Crippen LogP contribution in [0.2, 0.25) is 0 Å². The fourth-order valence-corrected chi connectivity index (χ4v) is 12.6. The molecule has 2 heterocycles. The molecular weight excluding hydrogens is 580 g/mol. The molecule has 1 unspecified atom stereocenters. The monoisotopic (exact) mass is 636 g/mol. The predicted molar refractivity (Wildman–Crippen MR) is 162 cm³/mol. The molecule has 7 aliphatic rings. The Kier molecular flexibility index (Phi) is 7.11. The van der Waals surface area contributed by atoms with Gasteiger partial charge in [-0.1, -0.05) is 46.3 Å². The number of fused-ring (bicyclic) bond motifs is 4. The first kappa shape index (κ1) is 32.9. The summed E-state index contributed by atoms with van der Waals surface area (Å²) >= 11 is 0. The van der Waals surface area contributed by atoms with E-state index in [0.717, 1.165) is 38.5 Å². The van der Waals surface area contributed by atoms with Crippen LogP contribution < -0.4 is 0 Å². The topological polar surface area (TPSA) is 169 Å². The van der Waals surface area contributed by atoms with E-state index in [1.54, 1.807) is 0 Å². The van der Waals surface area contributed by atoms with Crippen molar-refractivity contribution in [2.75, 3.05) is 6.61 Å². The molecule has 10 nitrogen and oxygen atoms in total. The van der Waals surface area contributed by atoms with Crippen LogP contribution in [-0.4, -0.2) is 103 Å². The molecule has 2 spiro atoms. The quantitative estimate of drug-likeness (QED) is 0.227. The zero-order valence-electron chi connectivity index (χ0n) is 27.9. The van der Waals surface area contributed by atoms with Crippen LogP contribution in [0.4, 0.5) is 0 Å². The Labute approximate surface area is 266 Å². The molecule has 0 bridgehead atoms. The van der Waals surface area contributed by atoms with Gasteiger partial charge in [-0.2, -0.15) is 0 Å². The molecule has 0 aromatic carbocycles. The molecule has 45 heavy (non-hydrogen) atoms. The van der Waals surface area contributed by atoms with Crippen LogP contribution in [0.15, 0.2) is 11.6 Å². The number of rotatable bonds is 4. The maximum absolute atomic E-state index is 12.4. The fraction of sp³-hybridized carbons (Fsp3) is 0.943. The Morgan fingerprint density at radius 3 is 2.38 bits per heavy atom. The zero-order chi connectivity index (χ0) is 32.9. The first-order valence-corrected chi connectivity index (χ1v) is 17.2. The van der Waals surface area contributed by atoms with Crippen molar-refractivity contribution in [1.82, 2.24) is 0 Å². The van der Waals surface area contributed by atoms with E-state index < -0.39 is 65.1 Å². The summed E-state index contributed by atoms with van der Waals surface area (Å²) in [5.74, 6) is -1.94. The van der Waals surface area contributed by atoms with Crippen molar-refractivity contribution >= 4 is 0 Å². The zero-order valence-corrected chi connectivity index (χ0v) is 27.9. The molecule has 7 N–H and O–H groups in total. The SMILES string of the molecule is C[C@@H]1CC([C@@H](O)C(C)(C)O)O[C@]2(O)[C@H]1[C@@]1(C)CC[C@@]34C[C@@]35CC[C@H](O[C@@H]3OC[C@@H](O)[C@H](O)[C@H]3O)C(C)(C)[C@@H]5CC=C4[C@]1(C)[C@H]2O. The number of hydrogen-bond donors (Lipinski definition) is 7. The van der Waals surface area contributed by atoms with Crippen LogP contribution >= 0.6 is 0 Å². The highest BCUT2D eigenvalue weighted by atomic mass is 16.7. The van der Waals surface area contributed by atoms with Crippen molar-refractivity contribution in [1.29, 1.82) is 0 Å². The average Bonchev–Trinajstić information content (AvgIpc) is 3.59. The molecule has 0 amide bonds. The van der Waals surface area contributed by atoms with Gasteiger partial charge in [-0.05, 0) is 92.3 Å². The van der Waals surface area contributed by atoms with Gasteiger partial charge in [-0.15, -0.1) is 0 Å². The molecule has 0 aromatic heterocycles. The molecule has 16 atom stereocenters. The Morgan fingerprint density at radius 2 is 1.71 bits per heavy atom. The van der Waals surface area contributed by atoms with E-state index in [1.165, 1.54) is 19.4 Å². The third-order valence-corrected chi connectivity index (χ3v) is 15.0. The highest BCUT2D eigenvalue weighted by Crippen LogP contribution is 2.88. The van der Waals surface area contributed by atoms with Gasteiger partial charge < -0.3 is 50.0 Å². The van der Waals surface area contributed by atoms with Crippen LogP contribution in [0, 0.1) is 44.8 Å². The third-order valence-electron chi connectivity index (χ3n) is 15.0. The van der Waals surface area contributed by atoms with Crippen molar-refractivity contribution in [3.05, 3.63) is 11.6 Å². The van der Waals surface area contributed by atoms with Crippen molar-refractivity contribution in [3.8, 4) is 0 Å². The van der Waals surface area contributed by atoms with E-state index >= 15 is 0 Å². The first-order valence-electron chi connectivity index (χ1n) is 17.2. The molecule has 6 fully saturated rings. The number of allylic oxidation sites excluding steroid dienone is 1. The van der Waals surface area contributed by atoms with Gasteiger partial charge in [0.2, 0.25) is 0 Å². The molecule has 5 aliphatic carbocycles. The Morgan fingerprint density at radius 1 is 1.02 bits per heavy atom. The lowest BCUT2D eigenvalue weighted by atomic mass is 9.44. The lowest BCUT2D eigenvalue weighted by Crippen LogP contribution is -2.60. The Bertz CT molecular complexity index is 1250. The van der Waals surface area contributed by atoms with Crippen molar-refractivity contribution in [2.45, 2.75) is 154 Å². The van der Waals surface area contributed by atoms with Gasteiger partial charge in [0.25, 0.3) is 0 Å². The van der Waals surface area contributed by atoms with Gasteiger partial charge in [0.15, 0.2) is 12.1 Å². The standard InChI is InChI=1S/C35H56O10/c1-17-14-19(26(39)30(4,5)41)45-35(42)25(17)31(6)12-13-34-16-33(34)11-10-22(44-27-24(38)23(37)18(36)15-43-27)29(2,3)20(33)8-9-21(34)32(31,7)28(35)40/h9,17-20,22-28,36-42H,8,10-16H2,1-7H3/t17-,18-,19?,20+,22+,23+,24-,25-,26-,27+,28-,31-,32-,33-,34+,35-/m1/s1. The summed E-state index contributed by atoms with van der Waals surface area (Å²) in [5.41, 5.74) is -1.66. The second kappa shape index (κ2) is 9.73. The van der Waals surface area contributed by atoms with Gasteiger partial charge in [-0.25, -0.2) is 0 Å². The number of hydrogen-bond acceptors (Lipinski definition) is 10. The molecule has 2 saturated heterocycles. The van der Waals surface area contributed by atoms with Gasteiger partial charge in [0, 0.05) is 11.3 Å². The lowest BCUT2D eigenvalue weighted by molar-refractivity contribution is -0.340. The Hall–Kier alpha value is -0.660. The second-order valence-electron chi connectivity index (χ2n) is 17.8. The van der Waals surface area contributed by atoms with E-state index in [2.05, 4.69) is 40.7 Å². The van der Waals surface area contributed by atoms with E-state index in [1.807, 2.05) is 0 Å². The predicted octanol–water partition coefficient (Wildman–Crippen LogP) is 2.00. The summed E-state index contributed by atoms with van der Waals surface area (Å²) in [5, 5.41) is 77.0. The molecule has 4 saturated carbocycles. The normalized spacial score (nSPS) is 57.4. The van der Waals surface area contributed by atoms with Crippen LogP contribution in [0.1, 0.15) is 93.4 Å². The second-order valence-corrected chi connectivity index (χ2v) is 17.8. The van der Waals surface area contributed by atoms with Gasteiger partial charge in [-0.3, -0.25) is 0 Å². The minimum absolute atomic E-state index is 0.0365. The van der Waals surface area contributed by atoms with Crippen molar-refractivity contribution in [2.24, 2.45) is 44.8 Å². The van der Waals surface area contributed by atoms with E-state index in [4.69, 9.17) is 14.2 Å². The summed E-state index contributed by atoms with van der Waals surface area (Å²) in [6.45, 7) is 13.9. The summed E-state index contributed by atoms with van der Waals surface area (Å²) in [6.07, 6.45) is -0.0345. The highest BCUT2D eigenvalue weighted by molar-refractivity contribution is 5.47. The van der Waals surface area contributed by atoms with Crippen LogP contribution in [-0.2, 0) is 14.2 Å². The number of ether oxygens (including phenoxy) is 3. The molecule has 2 aliphatic heterocycles. The first-order chi connectivity index (χ1) is 20.7. The maximum Gasteiger partial charge on any atom is 0.196 e. The van der Waals surface area contributed by atoms with Crippen molar-refractivity contribution in [3.63, 3.8) is 0 Å². The molecule has 7 rings (SSSR count). The summed E-state index contributed by atoms with van der Waals surface area (Å²) in [4.78, 5) is 0. The van der Waals surface area contributed by atoms with Gasteiger partial charge in [0.05, 0.1) is 24.4 Å². The Balaban J connectivity index is 1.20. The van der Waals surface area contributed by atoms with Crippen LogP contribution in [0.3, 0.4) is 0 Å². The van der Waals surface area contributed by atoms with E-state index in [9.17, 15) is 35.7 Å². The molecule has 0 radical (unpaired) electrons. The minimum Gasteiger partial charge on any atom is -0.388 e. The van der Waals surface area contributed by atoms with E-state index in [-0.39, 0.29) is 40.8 Å². The lowest BCUT2D eigenvalue weighted by Gasteiger charge is -2.60. The largest absolute Gasteiger partial charge is 0.388 e. The maximum atomic E-state index is 12.4.